The summed E-state index contributed by atoms with van der Waals surface area (Å²) in [5, 5.41) is 7.52. The second kappa shape index (κ2) is 8.21. The normalized spacial score (nSPS) is 14.3. The zero-order valence-corrected chi connectivity index (χ0v) is 15.5. The minimum atomic E-state index is -0.184. The fourth-order valence-electron chi connectivity index (χ4n) is 3.48. The highest BCUT2D eigenvalue weighted by molar-refractivity contribution is 5.81. The molecule has 0 spiro atoms. The maximum absolute atomic E-state index is 12.4. The molecule has 0 unspecified atom stereocenters. The minimum Gasteiger partial charge on any atom is -0.474 e. The number of nitrogens with one attached hydrogen (secondary N) is 1. The third-order valence-corrected chi connectivity index (χ3v) is 4.93. The summed E-state index contributed by atoms with van der Waals surface area (Å²) in [5.74, 6) is 0.420. The lowest BCUT2D eigenvalue weighted by molar-refractivity contribution is -0.121. The first-order valence-corrected chi connectivity index (χ1v) is 9.52. The number of benzene rings is 1. The van der Waals surface area contributed by atoms with E-state index in [-0.39, 0.29) is 24.0 Å². The molecule has 4 rings (SSSR count). The van der Waals surface area contributed by atoms with Crippen LogP contribution in [0.5, 0.6) is 5.88 Å². The lowest BCUT2D eigenvalue weighted by atomic mass is 10.2. The fourth-order valence-corrected chi connectivity index (χ4v) is 3.48. The number of hydrogen-bond donors (Lipinski definition) is 1. The van der Waals surface area contributed by atoms with Gasteiger partial charge in [-0.05, 0) is 49.4 Å². The Balaban J connectivity index is 1.39. The summed E-state index contributed by atoms with van der Waals surface area (Å²) in [6.45, 7) is 0.415. The number of pyridine rings is 1. The Labute approximate surface area is 162 Å². The van der Waals surface area contributed by atoms with Gasteiger partial charge in [0.15, 0.2) is 0 Å². The minimum absolute atomic E-state index is 0.0390. The smallest absolute Gasteiger partial charge is 0.242 e. The number of amides is 1. The molecule has 0 saturated heterocycles. The Bertz CT molecular complexity index is 1040. The van der Waals surface area contributed by atoms with Crippen molar-refractivity contribution < 1.29 is 9.53 Å². The topological polar surface area (TPSA) is 86.1 Å². The zero-order valence-electron chi connectivity index (χ0n) is 15.5. The van der Waals surface area contributed by atoms with Crippen molar-refractivity contribution in [3.8, 4) is 5.88 Å². The van der Waals surface area contributed by atoms with E-state index < -0.39 is 0 Å². The highest BCUT2D eigenvalue weighted by Gasteiger charge is 2.17. The maximum atomic E-state index is 12.4. The van der Waals surface area contributed by atoms with Crippen LogP contribution in [-0.4, -0.2) is 26.8 Å². The van der Waals surface area contributed by atoms with E-state index in [0.29, 0.717) is 23.3 Å². The zero-order chi connectivity index (χ0) is 19.3. The van der Waals surface area contributed by atoms with Crippen LogP contribution in [0.25, 0.3) is 10.9 Å². The van der Waals surface area contributed by atoms with Crippen LogP contribution < -0.4 is 15.5 Å². The molecule has 0 aliphatic heterocycles. The Hall–Kier alpha value is -3.22. The van der Waals surface area contributed by atoms with Crippen LogP contribution in [0.4, 0.5) is 0 Å². The van der Waals surface area contributed by atoms with Gasteiger partial charge in [0.2, 0.25) is 17.2 Å². The Morgan fingerprint density at radius 1 is 1.21 bits per heavy atom. The number of ether oxygens (including phenoxy) is 1. The summed E-state index contributed by atoms with van der Waals surface area (Å²) >= 11 is 0. The highest BCUT2D eigenvalue weighted by Crippen LogP contribution is 2.23. The first kappa shape index (κ1) is 18.2. The number of nitrogens with zero attached hydrogens (tertiary/aromatic N) is 3. The molecule has 2 aromatic heterocycles. The molecular formula is C21H22N4O3. The van der Waals surface area contributed by atoms with Gasteiger partial charge in [0, 0.05) is 24.2 Å². The van der Waals surface area contributed by atoms with E-state index in [4.69, 9.17) is 4.74 Å². The van der Waals surface area contributed by atoms with Crippen LogP contribution in [0.1, 0.15) is 31.2 Å². The molecule has 1 N–H and O–H groups in total. The number of fused-ring (bicyclic) bond motifs is 1. The average molecular weight is 378 g/mol. The molecule has 1 saturated carbocycles. The van der Waals surface area contributed by atoms with Gasteiger partial charge in [-0.1, -0.05) is 12.1 Å². The van der Waals surface area contributed by atoms with Crippen molar-refractivity contribution in [3.63, 3.8) is 0 Å². The van der Waals surface area contributed by atoms with Crippen LogP contribution in [-0.2, 0) is 17.9 Å². The number of rotatable bonds is 6. The van der Waals surface area contributed by atoms with Crippen LogP contribution in [0.2, 0.25) is 0 Å². The average Bonchev–Trinajstić information content (AvgIpc) is 3.22. The largest absolute Gasteiger partial charge is 0.474 e. The standard InChI is InChI=1S/C21H22N4O3/c26-19-13-24-25(18-8-4-3-7-17(18)19)14-20(27)23-12-15-9-10-22-21(11-15)28-16-5-1-2-6-16/h3-4,7-11,13,16H,1-2,5-6,12,14H2,(H,23,27). The molecule has 1 aliphatic carbocycles. The van der Waals surface area contributed by atoms with Crippen LogP contribution in [0, 0.1) is 0 Å². The molecule has 1 aromatic carbocycles. The second-order valence-electron chi connectivity index (χ2n) is 6.99. The molecule has 144 valence electrons. The lowest BCUT2D eigenvalue weighted by Gasteiger charge is -2.13. The molecule has 7 heteroatoms. The van der Waals surface area contributed by atoms with Gasteiger partial charge in [-0.25, -0.2) is 4.98 Å². The quantitative estimate of drug-likeness (QED) is 0.712. The molecule has 0 atom stereocenters. The van der Waals surface area contributed by atoms with Gasteiger partial charge in [-0.2, -0.15) is 5.10 Å². The van der Waals surface area contributed by atoms with Crippen molar-refractivity contribution in [2.24, 2.45) is 0 Å². The van der Waals surface area contributed by atoms with Crippen molar-refractivity contribution in [1.29, 1.82) is 0 Å². The Kier molecular flexibility index (Phi) is 5.32. The van der Waals surface area contributed by atoms with Crippen LogP contribution in [0.15, 0.2) is 53.6 Å². The number of hydrogen-bond acceptors (Lipinski definition) is 5. The third kappa shape index (κ3) is 4.19. The van der Waals surface area contributed by atoms with Gasteiger partial charge in [0.1, 0.15) is 12.6 Å². The molecule has 1 amide bonds. The summed E-state index contributed by atoms with van der Waals surface area (Å²) in [6, 6.07) is 10.9. The van der Waals surface area contributed by atoms with E-state index in [2.05, 4.69) is 15.4 Å². The summed E-state index contributed by atoms with van der Waals surface area (Å²) in [7, 11) is 0. The number of aromatic nitrogens is 3. The number of carbonyl (C=O) groups excluding carboxylic acids is 1. The molecular weight excluding hydrogens is 356 g/mol. The summed E-state index contributed by atoms with van der Waals surface area (Å²) in [6.07, 6.45) is 7.74. The van der Waals surface area contributed by atoms with Crippen molar-refractivity contribution in [1.82, 2.24) is 20.1 Å². The maximum Gasteiger partial charge on any atom is 0.242 e. The van der Waals surface area contributed by atoms with Gasteiger partial charge in [0.25, 0.3) is 0 Å². The lowest BCUT2D eigenvalue weighted by Crippen LogP contribution is -2.28. The molecule has 0 radical (unpaired) electrons. The number of para-hydroxylation sites is 1. The van der Waals surface area contributed by atoms with Gasteiger partial charge < -0.3 is 10.1 Å². The predicted octanol–water partition coefficient (Wildman–Crippen LogP) is 2.43. The van der Waals surface area contributed by atoms with E-state index in [0.717, 1.165) is 18.4 Å². The molecule has 2 heterocycles. The van der Waals surface area contributed by atoms with E-state index in [1.165, 1.54) is 23.7 Å². The summed E-state index contributed by atoms with van der Waals surface area (Å²) in [5.41, 5.74) is 1.41. The predicted molar refractivity (Wildman–Crippen MR) is 105 cm³/mol. The summed E-state index contributed by atoms with van der Waals surface area (Å²) < 4.78 is 7.45. The van der Waals surface area contributed by atoms with Crippen molar-refractivity contribution >= 4 is 16.8 Å². The molecule has 1 aliphatic rings. The van der Waals surface area contributed by atoms with Crippen molar-refractivity contribution in [2.75, 3.05) is 0 Å². The van der Waals surface area contributed by atoms with E-state index >= 15 is 0 Å². The van der Waals surface area contributed by atoms with Gasteiger partial charge >= 0.3 is 0 Å². The van der Waals surface area contributed by atoms with E-state index in [9.17, 15) is 9.59 Å². The Morgan fingerprint density at radius 2 is 2.04 bits per heavy atom. The highest BCUT2D eigenvalue weighted by atomic mass is 16.5. The van der Waals surface area contributed by atoms with Gasteiger partial charge in [0.05, 0.1) is 11.7 Å². The monoisotopic (exact) mass is 378 g/mol. The first-order chi connectivity index (χ1) is 13.7. The molecule has 3 aromatic rings. The van der Waals surface area contributed by atoms with Gasteiger partial charge in [-0.3, -0.25) is 14.3 Å². The molecule has 7 nitrogen and oxygen atoms in total. The molecule has 28 heavy (non-hydrogen) atoms. The molecule has 0 bridgehead atoms. The number of carbonyl (C=O) groups is 1. The van der Waals surface area contributed by atoms with Gasteiger partial charge in [-0.15, -0.1) is 0 Å². The van der Waals surface area contributed by atoms with E-state index in [1.54, 1.807) is 24.4 Å². The van der Waals surface area contributed by atoms with E-state index in [1.807, 2.05) is 18.2 Å². The molecule has 1 fully saturated rings. The SMILES string of the molecule is O=C(Cn1ncc(=O)c2ccccc21)NCc1ccnc(OC2CCCC2)c1. The van der Waals surface area contributed by atoms with Crippen molar-refractivity contribution in [2.45, 2.75) is 44.9 Å². The fraction of sp³-hybridized carbons (Fsp3) is 0.333. The van der Waals surface area contributed by atoms with Crippen LogP contribution >= 0.6 is 0 Å². The Morgan fingerprint density at radius 3 is 2.89 bits per heavy atom. The third-order valence-electron chi connectivity index (χ3n) is 4.93. The first-order valence-electron chi connectivity index (χ1n) is 9.52. The second-order valence-corrected chi connectivity index (χ2v) is 6.99. The van der Waals surface area contributed by atoms with Crippen molar-refractivity contribution in [3.05, 3.63) is 64.6 Å². The van der Waals surface area contributed by atoms with Crippen LogP contribution in [0.3, 0.4) is 0 Å². The summed E-state index contributed by atoms with van der Waals surface area (Å²) in [4.78, 5) is 28.5.